The van der Waals surface area contributed by atoms with E-state index in [1.165, 1.54) is 31.2 Å². The monoisotopic (exact) mass is 449 g/mol. The smallest absolute Gasteiger partial charge is 0.323 e. The Morgan fingerprint density at radius 1 is 1.17 bits per heavy atom. The molecule has 1 heterocycles. The number of halogens is 1. The van der Waals surface area contributed by atoms with E-state index in [-0.39, 0.29) is 4.90 Å². The SMILES string of the molecule is Cc1ccc(NC(=O)CN2C(=O)NC(C)(c3ccc(S(C)(=O)=O)cc3)C2=O)c(Cl)c1. The number of imide groups is 1. The van der Waals surface area contributed by atoms with Crippen LogP contribution in [0.1, 0.15) is 18.1 Å². The molecule has 0 aromatic heterocycles. The Labute approximate surface area is 179 Å². The van der Waals surface area contributed by atoms with Crippen LogP contribution >= 0.6 is 11.6 Å². The van der Waals surface area contributed by atoms with Crippen LogP contribution in [0, 0.1) is 6.92 Å². The Morgan fingerprint density at radius 2 is 1.80 bits per heavy atom. The maximum Gasteiger partial charge on any atom is 0.325 e. The molecule has 158 valence electrons. The van der Waals surface area contributed by atoms with Crippen LogP contribution in [0.4, 0.5) is 10.5 Å². The summed E-state index contributed by atoms with van der Waals surface area (Å²) in [5, 5.41) is 5.50. The molecule has 1 unspecified atom stereocenters. The van der Waals surface area contributed by atoms with E-state index >= 15 is 0 Å². The van der Waals surface area contributed by atoms with Gasteiger partial charge in [0.15, 0.2) is 9.84 Å². The summed E-state index contributed by atoms with van der Waals surface area (Å²) in [6, 6.07) is 10.0. The third kappa shape index (κ3) is 4.17. The first-order valence-corrected chi connectivity index (χ1v) is 11.2. The molecule has 1 atom stereocenters. The number of amides is 4. The number of nitrogens with zero attached hydrogens (tertiary/aromatic N) is 1. The Hall–Kier alpha value is -2.91. The first-order valence-electron chi connectivity index (χ1n) is 8.92. The Morgan fingerprint density at radius 3 is 2.37 bits per heavy atom. The molecule has 2 aromatic carbocycles. The van der Waals surface area contributed by atoms with E-state index in [2.05, 4.69) is 10.6 Å². The summed E-state index contributed by atoms with van der Waals surface area (Å²) in [4.78, 5) is 38.6. The van der Waals surface area contributed by atoms with Gasteiger partial charge >= 0.3 is 6.03 Å². The molecule has 2 N–H and O–H groups in total. The summed E-state index contributed by atoms with van der Waals surface area (Å²) >= 11 is 6.10. The second-order valence-electron chi connectivity index (χ2n) is 7.27. The summed E-state index contributed by atoms with van der Waals surface area (Å²) in [6.45, 7) is 2.86. The van der Waals surface area contributed by atoms with Gasteiger partial charge in [0.2, 0.25) is 5.91 Å². The Kier molecular flexibility index (Phi) is 5.62. The minimum absolute atomic E-state index is 0.0952. The molecule has 1 saturated heterocycles. The number of aryl methyl sites for hydroxylation is 1. The minimum Gasteiger partial charge on any atom is -0.323 e. The van der Waals surface area contributed by atoms with Crippen LogP contribution in [-0.4, -0.2) is 44.0 Å². The molecule has 1 aliphatic rings. The lowest BCUT2D eigenvalue weighted by Gasteiger charge is -2.22. The molecule has 10 heteroatoms. The largest absolute Gasteiger partial charge is 0.325 e. The van der Waals surface area contributed by atoms with Gasteiger partial charge in [-0.05, 0) is 49.2 Å². The number of sulfone groups is 1. The van der Waals surface area contributed by atoms with Crippen molar-refractivity contribution in [2.45, 2.75) is 24.3 Å². The normalized spacial score (nSPS) is 19.0. The highest BCUT2D eigenvalue weighted by Crippen LogP contribution is 2.30. The number of nitrogens with one attached hydrogen (secondary N) is 2. The van der Waals surface area contributed by atoms with Crippen molar-refractivity contribution in [3.63, 3.8) is 0 Å². The number of hydrogen-bond acceptors (Lipinski definition) is 5. The van der Waals surface area contributed by atoms with Crippen molar-refractivity contribution in [1.82, 2.24) is 10.2 Å². The van der Waals surface area contributed by atoms with Crippen LogP contribution in [0.3, 0.4) is 0 Å². The van der Waals surface area contributed by atoms with Gasteiger partial charge in [-0.2, -0.15) is 0 Å². The number of carbonyl (C=O) groups excluding carboxylic acids is 3. The highest BCUT2D eigenvalue weighted by Gasteiger charge is 2.49. The van der Waals surface area contributed by atoms with Crippen LogP contribution in [-0.2, 0) is 25.0 Å². The molecule has 1 aliphatic heterocycles. The fraction of sp³-hybridized carbons (Fsp3) is 0.250. The van der Waals surface area contributed by atoms with Gasteiger partial charge in [0, 0.05) is 6.26 Å². The minimum atomic E-state index is -3.40. The van der Waals surface area contributed by atoms with Gasteiger partial charge in [0.05, 0.1) is 15.6 Å². The second-order valence-corrected chi connectivity index (χ2v) is 9.70. The Bertz CT molecular complexity index is 1150. The molecule has 0 radical (unpaired) electrons. The van der Waals surface area contributed by atoms with E-state index in [0.717, 1.165) is 16.7 Å². The topological polar surface area (TPSA) is 113 Å². The molecule has 1 fully saturated rings. The first kappa shape index (κ1) is 21.8. The molecular formula is C20H20ClN3O5S. The third-order valence-corrected chi connectivity index (χ3v) is 6.28. The zero-order valence-corrected chi connectivity index (χ0v) is 18.1. The quantitative estimate of drug-likeness (QED) is 0.681. The van der Waals surface area contributed by atoms with E-state index in [0.29, 0.717) is 16.3 Å². The highest BCUT2D eigenvalue weighted by molar-refractivity contribution is 7.90. The van der Waals surface area contributed by atoms with Gasteiger partial charge in [0.1, 0.15) is 12.1 Å². The van der Waals surface area contributed by atoms with Gasteiger partial charge in [0.25, 0.3) is 5.91 Å². The van der Waals surface area contributed by atoms with Crippen LogP contribution in [0.2, 0.25) is 5.02 Å². The summed E-state index contributed by atoms with van der Waals surface area (Å²) in [5.41, 5.74) is 0.274. The fourth-order valence-electron chi connectivity index (χ4n) is 3.13. The molecule has 2 aromatic rings. The summed E-state index contributed by atoms with van der Waals surface area (Å²) < 4.78 is 23.3. The predicted molar refractivity (Wildman–Crippen MR) is 112 cm³/mol. The van der Waals surface area contributed by atoms with Gasteiger partial charge in [-0.25, -0.2) is 13.2 Å². The van der Waals surface area contributed by atoms with Crippen LogP contribution in [0.5, 0.6) is 0 Å². The van der Waals surface area contributed by atoms with Crippen molar-refractivity contribution in [3.8, 4) is 0 Å². The maximum atomic E-state index is 12.9. The molecule has 0 saturated carbocycles. The lowest BCUT2D eigenvalue weighted by molar-refractivity contribution is -0.133. The molecule has 4 amide bonds. The second kappa shape index (κ2) is 7.73. The van der Waals surface area contributed by atoms with E-state index in [1.807, 2.05) is 6.92 Å². The van der Waals surface area contributed by atoms with Crippen molar-refractivity contribution in [2.75, 3.05) is 18.1 Å². The van der Waals surface area contributed by atoms with Crippen molar-refractivity contribution >= 4 is 45.0 Å². The van der Waals surface area contributed by atoms with Gasteiger partial charge in [-0.15, -0.1) is 0 Å². The third-order valence-electron chi connectivity index (χ3n) is 4.84. The standard InChI is InChI=1S/C20H20ClN3O5S/c1-12-4-9-16(15(21)10-12)22-17(25)11-24-18(26)20(2,23-19(24)27)13-5-7-14(8-6-13)30(3,28)29/h4-10H,11H2,1-3H3,(H,22,25)(H,23,27). The van der Waals surface area contributed by atoms with Crippen molar-refractivity contribution in [3.05, 3.63) is 58.6 Å². The first-order chi connectivity index (χ1) is 13.9. The molecule has 3 rings (SSSR count). The predicted octanol–water partition coefficient (Wildman–Crippen LogP) is 2.46. The van der Waals surface area contributed by atoms with Crippen LogP contribution < -0.4 is 10.6 Å². The molecular weight excluding hydrogens is 430 g/mol. The van der Waals surface area contributed by atoms with E-state index in [4.69, 9.17) is 11.6 Å². The zero-order chi connectivity index (χ0) is 22.3. The Balaban J connectivity index is 1.77. The molecule has 0 aliphatic carbocycles. The van der Waals surface area contributed by atoms with Gasteiger partial charge in [-0.1, -0.05) is 29.8 Å². The number of urea groups is 1. The lowest BCUT2D eigenvalue weighted by Crippen LogP contribution is -2.42. The van der Waals surface area contributed by atoms with Crippen molar-refractivity contribution in [1.29, 1.82) is 0 Å². The average Bonchev–Trinajstić information content (AvgIpc) is 2.87. The van der Waals surface area contributed by atoms with Gasteiger partial charge < -0.3 is 10.6 Å². The maximum absolute atomic E-state index is 12.9. The zero-order valence-electron chi connectivity index (χ0n) is 16.5. The number of carbonyl (C=O) groups is 3. The number of hydrogen-bond donors (Lipinski definition) is 2. The summed E-state index contributed by atoms with van der Waals surface area (Å²) in [7, 11) is -3.40. The number of benzene rings is 2. The molecule has 8 nitrogen and oxygen atoms in total. The number of anilines is 1. The average molecular weight is 450 g/mol. The van der Waals surface area contributed by atoms with Gasteiger partial charge in [-0.3, -0.25) is 14.5 Å². The summed E-state index contributed by atoms with van der Waals surface area (Å²) in [5.74, 6) is -1.20. The van der Waals surface area contributed by atoms with E-state index in [1.54, 1.807) is 18.2 Å². The molecule has 0 spiro atoms. The lowest BCUT2D eigenvalue weighted by atomic mass is 9.92. The highest BCUT2D eigenvalue weighted by atomic mass is 35.5. The van der Waals surface area contributed by atoms with Crippen molar-refractivity contribution < 1.29 is 22.8 Å². The fourth-order valence-corrected chi connectivity index (χ4v) is 4.04. The van der Waals surface area contributed by atoms with E-state index in [9.17, 15) is 22.8 Å². The molecule has 0 bridgehead atoms. The summed E-state index contributed by atoms with van der Waals surface area (Å²) in [6.07, 6.45) is 1.08. The van der Waals surface area contributed by atoms with Crippen LogP contribution in [0.25, 0.3) is 0 Å². The molecule has 30 heavy (non-hydrogen) atoms. The van der Waals surface area contributed by atoms with Crippen LogP contribution in [0.15, 0.2) is 47.4 Å². The number of rotatable bonds is 5. The van der Waals surface area contributed by atoms with E-state index < -0.39 is 39.8 Å². The van der Waals surface area contributed by atoms with Crippen molar-refractivity contribution in [2.24, 2.45) is 0 Å².